The fraction of sp³-hybridized carbons (Fsp3) is 0.412. The van der Waals surface area contributed by atoms with Gasteiger partial charge in [0.25, 0.3) is 0 Å². The van der Waals surface area contributed by atoms with Gasteiger partial charge in [0.05, 0.1) is 0 Å². The van der Waals surface area contributed by atoms with E-state index in [1.54, 1.807) is 0 Å². The predicted octanol–water partition coefficient (Wildman–Crippen LogP) is 4.50. The Labute approximate surface area is 133 Å². The van der Waals surface area contributed by atoms with Crippen molar-refractivity contribution in [2.24, 2.45) is 5.92 Å². The minimum Gasteiger partial charge on any atom is -0.349 e. The van der Waals surface area contributed by atoms with Crippen molar-refractivity contribution >= 4 is 15.9 Å². The van der Waals surface area contributed by atoms with Crippen molar-refractivity contribution in [3.8, 4) is 0 Å². The molecule has 1 saturated carbocycles. The Balaban J connectivity index is 1.75. The van der Waals surface area contributed by atoms with E-state index in [4.69, 9.17) is 0 Å². The lowest BCUT2D eigenvalue weighted by atomic mass is 10.1. The topological polar surface area (TPSA) is 17.0 Å². The van der Waals surface area contributed by atoms with E-state index in [9.17, 15) is 4.39 Å². The highest BCUT2D eigenvalue weighted by atomic mass is 79.9. The Hall–Kier alpha value is -1.13. The van der Waals surface area contributed by atoms with Gasteiger partial charge in [-0.25, -0.2) is 4.39 Å². The van der Waals surface area contributed by atoms with Crippen molar-refractivity contribution in [1.29, 1.82) is 0 Å². The zero-order chi connectivity index (χ0) is 14.8. The lowest BCUT2D eigenvalue weighted by molar-refractivity contribution is 0.495. The maximum Gasteiger partial charge on any atom is 0.129 e. The maximum absolute atomic E-state index is 13.9. The van der Waals surface area contributed by atoms with Crippen LogP contribution in [0.2, 0.25) is 0 Å². The second kappa shape index (κ2) is 6.32. The number of hydrogen-bond donors (Lipinski definition) is 1. The molecular formula is C17H20BrFN2. The van der Waals surface area contributed by atoms with Gasteiger partial charge in [-0.15, -0.1) is 0 Å². The lowest BCUT2D eigenvalue weighted by Crippen LogP contribution is -2.22. The summed E-state index contributed by atoms with van der Waals surface area (Å²) >= 11 is 3.29. The molecule has 1 aliphatic carbocycles. The first-order valence-corrected chi connectivity index (χ1v) is 8.29. The first-order valence-electron chi connectivity index (χ1n) is 7.50. The number of nitrogens with zero attached hydrogens (tertiary/aromatic N) is 1. The number of rotatable bonds is 6. The highest BCUT2D eigenvalue weighted by Crippen LogP contribution is 2.41. The second-order valence-electron chi connectivity index (χ2n) is 5.73. The third-order valence-corrected chi connectivity index (χ3v) is 4.51. The van der Waals surface area contributed by atoms with Crippen molar-refractivity contribution in [3.05, 3.63) is 58.1 Å². The predicted molar refractivity (Wildman–Crippen MR) is 86.8 cm³/mol. The van der Waals surface area contributed by atoms with Crippen LogP contribution in [0.3, 0.4) is 0 Å². The molecule has 1 heterocycles. The largest absolute Gasteiger partial charge is 0.349 e. The fourth-order valence-electron chi connectivity index (χ4n) is 2.79. The van der Waals surface area contributed by atoms with Gasteiger partial charge >= 0.3 is 0 Å². The Morgan fingerprint density at radius 1 is 1.38 bits per heavy atom. The zero-order valence-electron chi connectivity index (χ0n) is 12.2. The van der Waals surface area contributed by atoms with Gasteiger partial charge in [0.1, 0.15) is 5.82 Å². The summed E-state index contributed by atoms with van der Waals surface area (Å²) < 4.78 is 16.7. The zero-order valence-corrected chi connectivity index (χ0v) is 13.7. The lowest BCUT2D eigenvalue weighted by Gasteiger charge is -2.15. The molecule has 4 heteroatoms. The summed E-state index contributed by atoms with van der Waals surface area (Å²) in [4.78, 5) is 0. The van der Waals surface area contributed by atoms with Crippen molar-refractivity contribution in [2.75, 3.05) is 6.54 Å². The van der Waals surface area contributed by atoms with E-state index in [2.05, 4.69) is 45.0 Å². The molecule has 0 bridgehead atoms. The van der Waals surface area contributed by atoms with Crippen LogP contribution in [0, 0.1) is 11.7 Å². The Kier molecular flexibility index (Phi) is 4.45. The van der Waals surface area contributed by atoms with Gasteiger partial charge in [0, 0.05) is 35.0 Å². The summed E-state index contributed by atoms with van der Waals surface area (Å²) in [7, 11) is 0. The average molecular weight is 351 g/mol. The minimum absolute atomic E-state index is 0.162. The minimum atomic E-state index is -0.162. The van der Waals surface area contributed by atoms with E-state index < -0.39 is 0 Å². The van der Waals surface area contributed by atoms with Crippen molar-refractivity contribution < 1.29 is 4.39 Å². The molecule has 3 rings (SSSR count). The first kappa shape index (κ1) is 14.8. The van der Waals surface area contributed by atoms with Gasteiger partial charge in [0.15, 0.2) is 0 Å². The van der Waals surface area contributed by atoms with Gasteiger partial charge in [0.2, 0.25) is 0 Å². The molecule has 21 heavy (non-hydrogen) atoms. The molecule has 1 aromatic carbocycles. The van der Waals surface area contributed by atoms with Crippen LogP contribution < -0.4 is 5.32 Å². The summed E-state index contributed by atoms with van der Waals surface area (Å²) in [5, 5.41) is 3.56. The van der Waals surface area contributed by atoms with E-state index in [1.807, 2.05) is 18.3 Å². The normalized spacial score (nSPS) is 16.1. The van der Waals surface area contributed by atoms with Crippen LogP contribution in [0.1, 0.15) is 36.9 Å². The second-order valence-corrected chi connectivity index (χ2v) is 6.64. The van der Waals surface area contributed by atoms with Crippen LogP contribution in [0.15, 0.2) is 41.1 Å². The van der Waals surface area contributed by atoms with Crippen LogP contribution >= 0.6 is 15.9 Å². The molecule has 112 valence electrons. The summed E-state index contributed by atoms with van der Waals surface area (Å²) in [5.41, 5.74) is 2.03. The average Bonchev–Trinajstić information content (AvgIpc) is 3.19. The Morgan fingerprint density at radius 3 is 2.86 bits per heavy atom. The summed E-state index contributed by atoms with van der Waals surface area (Å²) in [6.45, 7) is 3.69. The summed E-state index contributed by atoms with van der Waals surface area (Å²) in [5.74, 6) is 0.607. The third-order valence-electron chi connectivity index (χ3n) is 4.02. The molecular weight excluding hydrogens is 331 g/mol. The molecule has 2 aromatic rings. The molecule has 0 radical (unpaired) electrons. The molecule has 0 aliphatic heterocycles. The highest BCUT2D eigenvalue weighted by Gasteiger charge is 2.32. The van der Waals surface area contributed by atoms with E-state index in [-0.39, 0.29) is 5.82 Å². The summed E-state index contributed by atoms with van der Waals surface area (Å²) in [6.07, 6.45) is 6.81. The van der Waals surface area contributed by atoms with Gasteiger partial charge in [-0.3, -0.25) is 0 Å². The number of benzene rings is 1. The molecule has 0 spiro atoms. The Morgan fingerprint density at radius 2 is 2.19 bits per heavy atom. The van der Waals surface area contributed by atoms with Crippen molar-refractivity contribution in [3.63, 3.8) is 0 Å². The van der Waals surface area contributed by atoms with E-state index in [1.165, 1.54) is 24.5 Å². The molecule has 1 fully saturated rings. The van der Waals surface area contributed by atoms with Crippen LogP contribution in [0.5, 0.6) is 0 Å². The van der Waals surface area contributed by atoms with E-state index in [0.717, 1.165) is 16.9 Å². The standard InChI is InChI=1S/C17H20BrFN2/c1-2-20-17(12-3-4-12)14-7-8-21(11-14)10-13-5-6-15(18)9-16(13)19/h5-9,11-12,17,20H,2-4,10H2,1H3. The molecule has 1 aromatic heterocycles. The summed E-state index contributed by atoms with van der Waals surface area (Å²) in [6, 6.07) is 7.84. The number of halogens is 2. The van der Waals surface area contributed by atoms with Crippen LogP contribution in [0.25, 0.3) is 0 Å². The van der Waals surface area contributed by atoms with Crippen LogP contribution in [-0.4, -0.2) is 11.1 Å². The van der Waals surface area contributed by atoms with Gasteiger partial charge in [-0.05, 0) is 49.1 Å². The molecule has 1 unspecified atom stereocenters. The monoisotopic (exact) mass is 350 g/mol. The van der Waals surface area contributed by atoms with E-state index in [0.29, 0.717) is 18.2 Å². The van der Waals surface area contributed by atoms with Crippen LogP contribution in [-0.2, 0) is 6.54 Å². The number of aromatic nitrogens is 1. The smallest absolute Gasteiger partial charge is 0.129 e. The third kappa shape index (κ3) is 3.55. The molecule has 0 saturated heterocycles. The molecule has 1 atom stereocenters. The van der Waals surface area contributed by atoms with Gasteiger partial charge in [-0.1, -0.05) is 28.9 Å². The fourth-order valence-corrected chi connectivity index (χ4v) is 3.13. The highest BCUT2D eigenvalue weighted by molar-refractivity contribution is 9.10. The maximum atomic E-state index is 13.9. The number of hydrogen-bond acceptors (Lipinski definition) is 1. The molecule has 1 N–H and O–H groups in total. The molecule has 2 nitrogen and oxygen atoms in total. The first-order chi connectivity index (χ1) is 10.2. The Bertz CT molecular complexity index is 619. The SMILES string of the molecule is CCNC(c1ccn(Cc2ccc(Br)cc2F)c1)C1CC1. The van der Waals surface area contributed by atoms with Crippen LogP contribution in [0.4, 0.5) is 4.39 Å². The van der Waals surface area contributed by atoms with Gasteiger partial charge < -0.3 is 9.88 Å². The number of nitrogens with one attached hydrogen (secondary N) is 1. The molecule has 0 amide bonds. The quantitative estimate of drug-likeness (QED) is 0.811. The van der Waals surface area contributed by atoms with Gasteiger partial charge in [-0.2, -0.15) is 0 Å². The van der Waals surface area contributed by atoms with Crippen molar-refractivity contribution in [2.45, 2.75) is 32.4 Å². The van der Waals surface area contributed by atoms with E-state index >= 15 is 0 Å². The van der Waals surface area contributed by atoms with Crippen molar-refractivity contribution in [1.82, 2.24) is 9.88 Å². The molecule has 1 aliphatic rings.